The van der Waals surface area contributed by atoms with Gasteiger partial charge in [0.05, 0.1) is 5.60 Å². The third-order valence-corrected chi connectivity index (χ3v) is 3.30. The second-order valence-electron chi connectivity index (χ2n) is 6.30. The maximum Gasteiger partial charge on any atom is 0.377 e. The fourth-order valence-corrected chi connectivity index (χ4v) is 2.70. The van der Waals surface area contributed by atoms with Crippen LogP contribution in [0.4, 0.5) is 0 Å². The monoisotopic (exact) mass is 288 g/mol. The largest absolute Gasteiger partial charge is 0.505 e. The highest BCUT2D eigenvalue weighted by Crippen LogP contribution is 2.34. The predicted molar refractivity (Wildman–Crippen MR) is 72.0 cm³/mol. The van der Waals surface area contributed by atoms with Gasteiger partial charge in [-0.05, 0) is 24.7 Å². The van der Waals surface area contributed by atoms with E-state index >= 15 is 0 Å². The van der Waals surface area contributed by atoms with Crippen molar-refractivity contribution in [3.05, 3.63) is 11.5 Å². The molecule has 1 heterocycles. The summed E-state index contributed by atoms with van der Waals surface area (Å²) >= 11 is 0. The van der Waals surface area contributed by atoms with Crippen molar-refractivity contribution in [2.45, 2.75) is 58.3 Å². The van der Waals surface area contributed by atoms with Gasteiger partial charge in [0.1, 0.15) is 6.10 Å². The van der Waals surface area contributed by atoms with Crippen LogP contribution in [0.1, 0.15) is 40.5 Å². The summed E-state index contributed by atoms with van der Waals surface area (Å²) in [6, 6.07) is 0. The van der Waals surface area contributed by atoms with Gasteiger partial charge in [-0.2, -0.15) is 0 Å². The van der Waals surface area contributed by atoms with Gasteiger partial charge >= 0.3 is 5.97 Å². The van der Waals surface area contributed by atoms with Gasteiger partial charge < -0.3 is 25.2 Å². The van der Waals surface area contributed by atoms with Gasteiger partial charge in [0.2, 0.25) is 5.76 Å². The van der Waals surface area contributed by atoms with Crippen LogP contribution in [0.25, 0.3) is 0 Å². The maximum absolute atomic E-state index is 11.2. The Hall–Kier alpha value is -1.27. The topological polar surface area (TPSA) is 107 Å². The van der Waals surface area contributed by atoms with Gasteiger partial charge in [0, 0.05) is 0 Å². The molecule has 0 aliphatic carbocycles. The molecule has 1 aliphatic rings. The first-order valence-corrected chi connectivity index (χ1v) is 6.82. The third-order valence-electron chi connectivity index (χ3n) is 3.30. The molecule has 1 rings (SSSR count). The highest BCUT2D eigenvalue weighted by Gasteiger charge is 2.48. The number of ether oxygens (including phenoxy) is 1. The Balaban J connectivity index is 3.00. The Kier molecular flexibility index (Phi) is 5.05. The summed E-state index contributed by atoms with van der Waals surface area (Å²) in [5.74, 6) is -2.53. The minimum Gasteiger partial charge on any atom is -0.505 e. The SMILES string of the molecule is CC(C)CC(O)(CC(C)C)[C@H](O)[C@H]1OC(=O)C(O)=C1O. The highest BCUT2D eigenvalue weighted by molar-refractivity contribution is 5.89. The Morgan fingerprint density at radius 1 is 1.15 bits per heavy atom. The number of rotatable bonds is 6. The van der Waals surface area contributed by atoms with Crippen LogP contribution in [0.2, 0.25) is 0 Å². The zero-order valence-corrected chi connectivity index (χ0v) is 12.3. The number of aliphatic hydroxyl groups is 4. The van der Waals surface area contributed by atoms with E-state index in [2.05, 4.69) is 0 Å². The number of carbonyl (C=O) groups is 1. The molecule has 0 unspecified atom stereocenters. The summed E-state index contributed by atoms with van der Waals surface area (Å²) in [4.78, 5) is 11.2. The standard InChI is InChI=1S/C14H24O6/c1-7(2)5-14(19,6-8(3)4)12(17)11-9(15)10(16)13(18)20-11/h7-8,11-12,15-17,19H,5-6H2,1-4H3/t11-,12+/m0/s1. The van der Waals surface area contributed by atoms with Crippen LogP contribution >= 0.6 is 0 Å². The van der Waals surface area contributed by atoms with Crippen LogP contribution in [-0.2, 0) is 9.53 Å². The molecule has 6 nitrogen and oxygen atoms in total. The first-order chi connectivity index (χ1) is 9.08. The average Bonchev–Trinajstić information content (AvgIpc) is 2.53. The normalized spacial score (nSPS) is 21.8. The number of hydrogen-bond donors (Lipinski definition) is 4. The third kappa shape index (κ3) is 3.43. The molecule has 0 saturated carbocycles. The summed E-state index contributed by atoms with van der Waals surface area (Å²) < 4.78 is 4.73. The molecule has 4 N–H and O–H groups in total. The molecule has 0 aromatic heterocycles. The lowest BCUT2D eigenvalue weighted by Gasteiger charge is -2.37. The Bertz CT molecular complexity index is 388. The van der Waals surface area contributed by atoms with Crippen LogP contribution < -0.4 is 0 Å². The van der Waals surface area contributed by atoms with Crippen LogP contribution in [0.5, 0.6) is 0 Å². The van der Waals surface area contributed by atoms with Crippen molar-refractivity contribution in [1.82, 2.24) is 0 Å². The fraction of sp³-hybridized carbons (Fsp3) is 0.786. The van der Waals surface area contributed by atoms with Gasteiger partial charge in [-0.1, -0.05) is 27.7 Å². The van der Waals surface area contributed by atoms with E-state index in [0.717, 1.165) is 0 Å². The quantitative estimate of drug-likeness (QED) is 0.551. The van der Waals surface area contributed by atoms with Crippen LogP contribution in [0.3, 0.4) is 0 Å². The zero-order valence-electron chi connectivity index (χ0n) is 12.3. The molecule has 20 heavy (non-hydrogen) atoms. The second-order valence-corrected chi connectivity index (χ2v) is 6.30. The first-order valence-electron chi connectivity index (χ1n) is 6.82. The van der Waals surface area contributed by atoms with Gasteiger partial charge in [-0.15, -0.1) is 0 Å². The van der Waals surface area contributed by atoms with Crippen LogP contribution in [-0.4, -0.2) is 44.2 Å². The summed E-state index contributed by atoms with van der Waals surface area (Å²) in [6.45, 7) is 7.58. The van der Waals surface area contributed by atoms with Crippen molar-refractivity contribution in [2.75, 3.05) is 0 Å². The Labute approximate surface area is 118 Å². The average molecular weight is 288 g/mol. The molecule has 0 aromatic carbocycles. The van der Waals surface area contributed by atoms with Gasteiger partial charge in [-0.25, -0.2) is 4.79 Å². The zero-order chi connectivity index (χ0) is 15.7. The van der Waals surface area contributed by atoms with Crippen LogP contribution in [0, 0.1) is 11.8 Å². The fourth-order valence-electron chi connectivity index (χ4n) is 2.70. The summed E-state index contributed by atoms with van der Waals surface area (Å²) in [5, 5.41) is 40.0. The number of hydrogen-bond acceptors (Lipinski definition) is 6. The van der Waals surface area contributed by atoms with E-state index in [-0.39, 0.29) is 24.7 Å². The lowest BCUT2D eigenvalue weighted by molar-refractivity contribution is -0.166. The smallest absolute Gasteiger partial charge is 0.377 e. The molecule has 1 aliphatic heterocycles. The molecule has 0 spiro atoms. The summed E-state index contributed by atoms with van der Waals surface area (Å²) in [7, 11) is 0. The van der Waals surface area contributed by atoms with Crippen molar-refractivity contribution >= 4 is 5.97 Å². The number of carbonyl (C=O) groups excluding carboxylic acids is 1. The van der Waals surface area contributed by atoms with Gasteiger partial charge in [0.15, 0.2) is 11.9 Å². The lowest BCUT2D eigenvalue weighted by Crippen LogP contribution is -2.51. The molecule has 0 saturated heterocycles. The molecule has 0 fully saturated rings. The highest BCUT2D eigenvalue weighted by atomic mass is 16.6. The minimum absolute atomic E-state index is 0.102. The molecule has 0 amide bonds. The lowest BCUT2D eigenvalue weighted by atomic mass is 9.79. The summed E-state index contributed by atoms with van der Waals surface area (Å²) in [6.07, 6.45) is -2.35. The number of cyclic esters (lactones) is 1. The number of aliphatic hydroxyl groups excluding tert-OH is 3. The molecular weight excluding hydrogens is 264 g/mol. The Morgan fingerprint density at radius 2 is 1.60 bits per heavy atom. The molecule has 6 heteroatoms. The Morgan fingerprint density at radius 3 is 1.90 bits per heavy atom. The van der Waals surface area contributed by atoms with Crippen LogP contribution in [0.15, 0.2) is 11.5 Å². The van der Waals surface area contributed by atoms with Crippen molar-refractivity contribution in [2.24, 2.45) is 11.8 Å². The van der Waals surface area contributed by atoms with Gasteiger partial charge in [-0.3, -0.25) is 0 Å². The van der Waals surface area contributed by atoms with E-state index in [9.17, 15) is 25.2 Å². The number of esters is 1. The molecule has 0 aromatic rings. The van der Waals surface area contributed by atoms with Crippen molar-refractivity contribution in [3.8, 4) is 0 Å². The molecule has 116 valence electrons. The minimum atomic E-state index is -1.51. The van der Waals surface area contributed by atoms with E-state index in [1.165, 1.54) is 0 Å². The molecule has 0 radical (unpaired) electrons. The van der Waals surface area contributed by atoms with E-state index in [0.29, 0.717) is 0 Å². The van der Waals surface area contributed by atoms with E-state index in [1.54, 1.807) is 0 Å². The van der Waals surface area contributed by atoms with Gasteiger partial charge in [0.25, 0.3) is 0 Å². The van der Waals surface area contributed by atoms with Crippen molar-refractivity contribution < 1.29 is 30.0 Å². The molecular formula is C14H24O6. The molecule has 0 bridgehead atoms. The summed E-state index contributed by atoms with van der Waals surface area (Å²) in [5.41, 5.74) is -1.51. The maximum atomic E-state index is 11.2. The first kappa shape index (κ1) is 16.8. The van der Waals surface area contributed by atoms with E-state index in [4.69, 9.17) is 4.74 Å². The second kappa shape index (κ2) is 6.01. The predicted octanol–water partition coefficient (Wildman–Crippen LogP) is 1.42. The van der Waals surface area contributed by atoms with Crippen molar-refractivity contribution in [1.29, 1.82) is 0 Å². The van der Waals surface area contributed by atoms with E-state index < -0.39 is 35.3 Å². The van der Waals surface area contributed by atoms with E-state index in [1.807, 2.05) is 27.7 Å². The molecule has 2 atom stereocenters. The van der Waals surface area contributed by atoms with Crippen molar-refractivity contribution in [3.63, 3.8) is 0 Å².